The van der Waals surface area contributed by atoms with Crippen molar-refractivity contribution in [1.82, 2.24) is 5.32 Å². The van der Waals surface area contributed by atoms with Crippen molar-refractivity contribution in [3.63, 3.8) is 0 Å². The highest BCUT2D eigenvalue weighted by Crippen LogP contribution is 2.33. The van der Waals surface area contributed by atoms with Crippen LogP contribution in [0.3, 0.4) is 0 Å². The zero-order valence-corrected chi connectivity index (χ0v) is 13.9. The van der Waals surface area contributed by atoms with Crippen molar-refractivity contribution in [3.05, 3.63) is 29.8 Å². The van der Waals surface area contributed by atoms with Crippen LogP contribution in [-0.2, 0) is 9.84 Å². The minimum Gasteiger partial charge on any atom is -0.493 e. The van der Waals surface area contributed by atoms with Gasteiger partial charge in [-0.15, -0.1) is 0 Å². The number of nitrogens with one attached hydrogen (secondary N) is 1. The van der Waals surface area contributed by atoms with E-state index in [1.54, 1.807) is 0 Å². The van der Waals surface area contributed by atoms with E-state index in [9.17, 15) is 8.42 Å². The average molecular weight is 323 g/mol. The maximum absolute atomic E-state index is 12.0. The third-order valence-corrected chi connectivity index (χ3v) is 6.63. The molecule has 1 N–H and O–H groups in total. The summed E-state index contributed by atoms with van der Waals surface area (Å²) in [6, 6.07) is 8.27. The third kappa shape index (κ3) is 3.46. The molecule has 1 aromatic rings. The van der Waals surface area contributed by atoms with E-state index in [0.717, 1.165) is 51.0 Å². The average Bonchev–Trinajstić information content (AvgIpc) is 2.52. The van der Waals surface area contributed by atoms with Crippen molar-refractivity contribution in [3.8, 4) is 5.75 Å². The Morgan fingerprint density at radius 2 is 1.95 bits per heavy atom. The van der Waals surface area contributed by atoms with Crippen LogP contribution in [0.2, 0.25) is 0 Å². The first-order valence-corrected chi connectivity index (χ1v) is 10.1. The summed E-state index contributed by atoms with van der Waals surface area (Å²) in [5.41, 5.74) is 1.24. The smallest absolute Gasteiger partial charge is 0.151 e. The first-order valence-electron chi connectivity index (χ1n) is 8.19. The maximum atomic E-state index is 12.0. The van der Waals surface area contributed by atoms with Crippen LogP contribution in [0.4, 0.5) is 0 Å². The van der Waals surface area contributed by atoms with Crippen LogP contribution in [0.1, 0.15) is 43.6 Å². The molecule has 0 unspecified atom stereocenters. The Morgan fingerprint density at radius 1 is 1.18 bits per heavy atom. The number of hydrogen-bond donors (Lipinski definition) is 1. The normalized spacial score (nSPS) is 28.7. The van der Waals surface area contributed by atoms with Gasteiger partial charge < -0.3 is 10.1 Å². The van der Waals surface area contributed by atoms with Crippen molar-refractivity contribution in [2.45, 2.75) is 49.3 Å². The van der Waals surface area contributed by atoms with Gasteiger partial charge in [-0.2, -0.15) is 0 Å². The van der Waals surface area contributed by atoms with Gasteiger partial charge in [-0.05, 0) is 30.9 Å². The highest BCUT2D eigenvalue weighted by Gasteiger charge is 2.33. The summed E-state index contributed by atoms with van der Waals surface area (Å²) >= 11 is 0. The monoisotopic (exact) mass is 323 g/mol. The van der Waals surface area contributed by atoms with Crippen LogP contribution < -0.4 is 10.1 Å². The SMILES string of the molecule is CS(=O)(=O)[C@@H]1CCCC[C@@H]1NC[C@H]1CCOc2ccccc21. The summed E-state index contributed by atoms with van der Waals surface area (Å²) in [6.07, 6.45) is 6.26. The minimum absolute atomic E-state index is 0.0961. The van der Waals surface area contributed by atoms with E-state index >= 15 is 0 Å². The molecule has 2 aliphatic rings. The van der Waals surface area contributed by atoms with Crippen molar-refractivity contribution >= 4 is 9.84 Å². The number of sulfone groups is 1. The molecule has 122 valence electrons. The Balaban J connectivity index is 1.67. The second kappa shape index (κ2) is 6.59. The minimum atomic E-state index is -2.98. The van der Waals surface area contributed by atoms with Gasteiger partial charge in [0, 0.05) is 24.8 Å². The summed E-state index contributed by atoms with van der Waals surface area (Å²) in [6.45, 7) is 1.57. The number of para-hydroxylation sites is 1. The van der Waals surface area contributed by atoms with Crippen LogP contribution in [-0.4, -0.2) is 39.1 Å². The number of benzene rings is 1. The van der Waals surface area contributed by atoms with Crippen LogP contribution in [0.5, 0.6) is 5.75 Å². The highest BCUT2D eigenvalue weighted by molar-refractivity contribution is 7.91. The molecule has 0 amide bonds. The van der Waals surface area contributed by atoms with Gasteiger partial charge in [0.1, 0.15) is 5.75 Å². The molecule has 5 heteroatoms. The lowest BCUT2D eigenvalue weighted by Crippen LogP contribution is -2.47. The number of ether oxygens (including phenoxy) is 1. The van der Waals surface area contributed by atoms with E-state index in [1.807, 2.05) is 18.2 Å². The van der Waals surface area contributed by atoms with E-state index in [1.165, 1.54) is 11.8 Å². The molecule has 3 rings (SSSR count). The molecule has 1 aromatic carbocycles. The first kappa shape index (κ1) is 15.8. The predicted molar refractivity (Wildman–Crippen MR) is 88.2 cm³/mol. The molecule has 1 fully saturated rings. The van der Waals surface area contributed by atoms with E-state index in [2.05, 4.69) is 11.4 Å². The Labute approximate surface area is 133 Å². The van der Waals surface area contributed by atoms with E-state index < -0.39 is 9.84 Å². The largest absolute Gasteiger partial charge is 0.493 e. The van der Waals surface area contributed by atoms with Crippen LogP contribution in [0.15, 0.2) is 24.3 Å². The molecule has 4 nitrogen and oxygen atoms in total. The van der Waals surface area contributed by atoms with Gasteiger partial charge in [0.25, 0.3) is 0 Å². The number of hydrogen-bond acceptors (Lipinski definition) is 4. The highest BCUT2D eigenvalue weighted by atomic mass is 32.2. The summed E-state index contributed by atoms with van der Waals surface area (Å²) in [5, 5.41) is 3.33. The van der Waals surface area contributed by atoms with Gasteiger partial charge in [-0.3, -0.25) is 0 Å². The molecule has 0 aromatic heterocycles. The second-order valence-corrected chi connectivity index (χ2v) is 8.80. The van der Waals surface area contributed by atoms with Crippen molar-refractivity contribution < 1.29 is 13.2 Å². The maximum Gasteiger partial charge on any atom is 0.151 e. The molecule has 0 saturated heterocycles. The fourth-order valence-corrected chi connectivity index (χ4v) is 5.19. The molecule has 1 heterocycles. The van der Waals surface area contributed by atoms with Crippen molar-refractivity contribution in [2.24, 2.45) is 0 Å². The summed E-state index contributed by atoms with van der Waals surface area (Å²) in [7, 11) is -2.98. The van der Waals surface area contributed by atoms with Gasteiger partial charge in [0.15, 0.2) is 9.84 Å². The first-order chi connectivity index (χ1) is 10.6. The van der Waals surface area contributed by atoms with Crippen LogP contribution in [0, 0.1) is 0 Å². The van der Waals surface area contributed by atoms with Gasteiger partial charge in [0.05, 0.1) is 11.9 Å². The lowest BCUT2D eigenvalue weighted by Gasteiger charge is -2.33. The fraction of sp³-hybridized carbons (Fsp3) is 0.647. The number of fused-ring (bicyclic) bond motifs is 1. The quantitative estimate of drug-likeness (QED) is 0.925. The standard InChI is InChI=1S/C17H25NO3S/c1-22(19,20)17-9-5-3-7-15(17)18-12-13-10-11-21-16-8-4-2-6-14(13)16/h2,4,6,8,13,15,17-18H,3,5,7,9-12H2,1H3/t13-,15+,17-/m1/s1. The van der Waals surface area contributed by atoms with Crippen LogP contribution >= 0.6 is 0 Å². The molecule has 1 saturated carbocycles. The molecule has 0 bridgehead atoms. The second-order valence-electron chi connectivity index (χ2n) is 6.54. The Morgan fingerprint density at radius 3 is 2.77 bits per heavy atom. The summed E-state index contributed by atoms with van der Waals surface area (Å²) in [4.78, 5) is 0. The topological polar surface area (TPSA) is 55.4 Å². The Bertz CT molecular complexity index is 614. The van der Waals surface area contributed by atoms with Crippen molar-refractivity contribution in [1.29, 1.82) is 0 Å². The summed E-state index contributed by atoms with van der Waals surface area (Å²) < 4.78 is 29.7. The number of rotatable bonds is 4. The van der Waals surface area contributed by atoms with Gasteiger partial charge in [-0.1, -0.05) is 31.0 Å². The van der Waals surface area contributed by atoms with E-state index in [0.29, 0.717) is 5.92 Å². The molecule has 0 spiro atoms. The molecule has 1 aliphatic heterocycles. The van der Waals surface area contributed by atoms with E-state index in [-0.39, 0.29) is 11.3 Å². The van der Waals surface area contributed by atoms with Crippen molar-refractivity contribution in [2.75, 3.05) is 19.4 Å². The summed E-state index contributed by atoms with van der Waals surface area (Å²) in [5.74, 6) is 1.39. The van der Waals surface area contributed by atoms with Crippen LogP contribution in [0.25, 0.3) is 0 Å². The zero-order valence-electron chi connectivity index (χ0n) is 13.1. The molecular weight excluding hydrogens is 298 g/mol. The molecule has 22 heavy (non-hydrogen) atoms. The van der Waals surface area contributed by atoms with Gasteiger partial charge >= 0.3 is 0 Å². The molecule has 1 aliphatic carbocycles. The van der Waals surface area contributed by atoms with Gasteiger partial charge in [-0.25, -0.2) is 8.42 Å². The van der Waals surface area contributed by atoms with E-state index in [4.69, 9.17) is 4.74 Å². The molecular formula is C17H25NO3S. The molecule has 0 radical (unpaired) electrons. The Hall–Kier alpha value is -1.07. The predicted octanol–water partition coefficient (Wildman–Crippen LogP) is 2.50. The zero-order chi connectivity index (χ0) is 15.6. The lowest BCUT2D eigenvalue weighted by molar-refractivity contribution is 0.258. The Kier molecular flexibility index (Phi) is 4.73. The molecule has 3 atom stereocenters. The van der Waals surface area contributed by atoms with Gasteiger partial charge in [0.2, 0.25) is 0 Å². The third-order valence-electron chi connectivity index (χ3n) is 4.96. The fourth-order valence-electron chi connectivity index (χ4n) is 3.76. The lowest BCUT2D eigenvalue weighted by atomic mass is 9.91.